The van der Waals surface area contributed by atoms with E-state index in [4.69, 9.17) is 14.2 Å². The molecule has 0 aromatic heterocycles. The predicted molar refractivity (Wildman–Crippen MR) is 144 cm³/mol. The second kappa shape index (κ2) is 11.3. The van der Waals surface area contributed by atoms with E-state index in [0.717, 1.165) is 16.9 Å². The van der Waals surface area contributed by atoms with Crippen LogP contribution in [0.4, 0.5) is 5.69 Å². The molecule has 0 saturated carbocycles. The topological polar surface area (TPSA) is 106 Å². The SMILES string of the molecule is CCOC(=O)c1ccc(N2C(=O)C3NNC(c4ccc(OCC)cc4)C3C2c2ccc(C(=O)OC)cc2)cc1. The summed E-state index contributed by atoms with van der Waals surface area (Å²) < 4.78 is 15.6. The van der Waals surface area contributed by atoms with E-state index in [-0.39, 0.29) is 30.5 Å². The van der Waals surface area contributed by atoms with Crippen LogP contribution in [0.2, 0.25) is 0 Å². The molecule has 0 radical (unpaired) electrons. The minimum absolute atomic E-state index is 0.0909. The monoisotopic (exact) mass is 529 g/mol. The maximum Gasteiger partial charge on any atom is 0.338 e. The van der Waals surface area contributed by atoms with E-state index in [1.165, 1.54) is 7.11 Å². The fraction of sp³-hybridized carbons (Fsp3) is 0.300. The molecule has 4 unspecified atom stereocenters. The fourth-order valence-corrected chi connectivity index (χ4v) is 5.42. The molecule has 9 nitrogen and oxygen atoms in total. The molecule has 202 valence electrons. The van der Waals surface area contributed by atoms with Crippen LogP contribution >= 0.6 is 0 Å². The van der Waals surface area contributed by atoms with Crippen LogP contribution in [-0.2, 0) is 14.3 Å². The van der Waals surface area contributed by atoms with E-state index < -0.39 is 18.0 Å². The number of methoxy groups -OCH3 is 1. The van der Waals surface area contributed by atoms with Gasteiger partial charge in [0, 0.05) is 11.6 Å². The number of benzene rings is 3. The summed E-state index contributed by atoms with van der Waals surface area (Å²) in [5, 5.41) is 0. The number of anilines is 1. The van der Waals surface area contributed by atoms with Crippen molar-refractivity contribution in [2.75, 3.05) is 25.2 Å². The van der Waals surface area contributed by atoms with Gasteiger partial charge < -0.3 is 19.1 Å². The molecular formula is C30H31N3O6. The second-order valence-corrected chi connectivity index (χ2v) is 9.36. The molecule has 4 atom stereocenters. The summed E-state index contributed by atoms with van der Waals surface area (Å²) in [7, 11) is 1.34. The third-order valence-corrected chi connectivity index (χ3v) is 7.19. The van der Waals surface area contributed by atoms with E-state index in [0.29, 0.717) is 23.4 Å². The van der Waals surface area contributed by atoms with Gasteiger partial charge in [0.1, 0.15) is 11.8 Å². The summed E-state index contributed by atoms with van der Waals surface area (Å²) in [4.78, 5) is 39.9. The van der Waals surface area contributed by atoms with Gasteiger partial charge in [-0.15, -0.1) is 0 Å². The minimum Gasteiger partial charge on any atom is -0.494 e. The standard InChI is InChI=1S/C30H31N3O6/c1-4-38-23-16-12-18(13-17-23)25-24-26(32-31-25)28(34)33(22-14-10-21(11-15-22)30(36)39-5-2)27(24)19-6-8-20(9-7-19)29(35)37-3/h6-17,24-27,31-32H,4-5H2,1-3H3. The van der Waals surface area contributed by atoms with Crippen LogP contribution in [0.3, 0.4) is 0 Å². The Morgan fingerprint density at radius 2 is 1.36 bits per heavy atom. The molecule has 1 amide bonds. The van der Waals surface area contributed by atoms with Crippen molar-refractivity contribution >= 4 is 23.5 Å². The number of carbonyl (C=O) groups excluding carboxylic acids is 3. The zero-order valence-corrected chi connectivity index (χ0v) is 22.0. The van der Waals surface area contributed by atoms with Gasteiger partial charge in [0.25, 0.3) is 0 Å². The lowest BCUT2D eigenvalue weighted by atomic mass is 9.83. The van der Waals surface area contributed by atoms with E-state index >= 15 is 0 Å². The normalized spacial score (nSPS) is 21.9. The number of ether oxygens (including phenoxy) is 3. The molecule has 2 heterocycles. The molecule has 39 heavy (non-hydrogen) atoms. The maximum absolute atomic E-state index is 13.9. The van der Waals surface area contributed by atoms with Gasteiger partial charge in [0.2, 0.25) is 5.91 Å². The van der Waals surface area contributed by atoms with Crippen LogP contribution in [0.1, 0.15) is 57.8 Å². The van der Waals surface area contributed by atoms with Gasteiger partial charge in [-0.25, -0.2) is 20.4 Å². The Hall–Kier alpha value is -4.21. The summed E-state index contributed by atoms with van der Waals surface area (Å²) >= 11 is 0. The number of nitrogens with zero attached hydrogens (tertiary/aromatic N) is 1. The van der Waals surface area contributed by atoms with E-state index in [1.807, 2.05) is 43.3 Å². The number of hydrogen-bond donors (Lipinski definition) is 2. The first-order valence-corrected chi connectivity index (χ1v) is 13.0. The number of nitrogens with one attached hydrogen (secondary N) is 2. The summed E-state index contributed by atoms with van der Waals surface area (Å²) in [5.41, 5.74) is 9.95. The van der Waals surface area contributed by atoms with Crippen LogP contribution in [0.5, 0.6) is 5.75 Å². The smallest absolute Gasteiger partial charge is 0.338 e. The van der Waals surface area contributed by atoms with Gasteiger partial charge in [-0.05, 0) is 73.5 Å². The minimum atomic E-state index is -0.489. The van der Waals surface area contributed by atoms with Crippen LogP contribution < -0.4 is 20.5 Å². The zero-order valence-electron chi connectivity index (χ0n) is 22.0. The van der Waals surface area contributed by atoms with Crippen molar-refractivity contribution in [1.82, 2.24) is 10.9 Å². The molecule has 2 aliphatic heterocycles. The average Bonchev–Trinajstić information content (AvgIpc) is 3.52. The van der Waals surface area contributed by atoms with Gasteiger partial charge in [-0.1, -0.05) is 24.3 Å². The zero-order chi connectivity index (χ0) is 27.5. The van der Waals surface area contributed by atoms with Crippen molar-refractivity contribution in [3.05, 3.63) is 95.1 Å². The number of fused-ring (bicyclic) bond motifs is 1. The maximum atomic E-state index is 13.9. The summed E-state index contributed by atoms with van der Waals surface area (Å²) in [6.45, 7) is 4.56. The fourth-order valence-electron chi connectivity index (χ4n) is 5.42. The van der Waals surface area contributed by atoms with Crippen LogP contribution in [-0.4, -0.2) is 44.2 Å². The highest BCUT2D eigenvalue weighted by Gasteiger charge is 2.56. The van der Waals surface area contributed by atoms with Gasteiger partial charge in [-0.2, -0.15) is 0 Å². The number of hydrazine groups is 1. The third kappa shape index (κ3) is 4.98. The van der Waals surface area contributed by atoms with E-state index in [2.05, 4.69) is 10.9 Å². The Bertz CT molecular complexity index is 1340. The summed E-state index contributed by atoms with van der Waals surface area (Å²) in [5.74, 6) is -0.324. The summed E-state index contributed by atoms with van der Waals surface area (Å²) in [6.07, 6.45) is 0. The van der Waals surface area contributed by atoms with E-state index in [9.17, 15) is 14.4 Å². The molecule has 3 aromatic rings. The Kier molecular flexibility index (Phi) is 7.63. The molecule has 2 N–H and O–H groups in total. The summed E-state index contributed by atoms with van der Waals surface area (Å²) in [6, 6.07) is 20.8. The first kappa shape index (κ1) is 26.4. The highest BCUT2D eigenvalue weighted by molar-refractivity contribution is 6.02. The molecule has 2 fully saturated rings. The Labute approximate surface area is 227 Å². The van der Waals surface area contributed by atoms with Crippen LogP contribution in [0.25, 0.3) is 0 Å². The van der Waals surface area contributed by atoms with Crippen molar-refractivity contribution in [2.45, 2.75) is 32.0 Å². The van der Waals surface area contributed by atoms with Crippen molar-refractivity contribution in [3.63, 3.8) is 0 Å². The molecule has 5 rings (SSSR count). The van der Waals surface area contributed by atoms with Crippen molar-refractivity contribution in [1.29, 1.82) is 0 Å². The third-order valence-electron chi connectivity index (χ3n) is 7.19. The predicted octanol–water partition coefficient (Wildman–Crippen LogP) is 3.97. The van der Waals surface area contributed by atoms with Crippen molar-refractivity contribution in [2.24, 2.45) is 5.92 Å². The lowest BCUT2D eigenvalue weighted by Gasteiger charge is -2.31. The lowest BCUT2D eigenvalue weighted by molar-refractivity contribution is -0.119. The highest BCUT2D eigenvalue weighted by atomic mass is 16.5. The number of hydrogen-bond acceptors (Lipinski definition) is 8. The van der Waals surface area contributed by atoms with Gasteiger partial charge in [0.05, 0.1) is 43.5 Å². The number of carbonyl (C=O) groups is 3. The highest BCUT2D eigenvalue weighted by Crippen LogP contribution is 2.49. The quantitative estimate of drug-likeness (QED) is 0.423. The number of amides is 1. The molecule has 0 bridgehead atoms. The largest absolute Gasteiger partial charge is 0.494 e. The van der Waals surface area contributed by atoms with Crippen LogP contribution in [0.15, 0.2) is 72.8 Å². The molecule has 2 aliphatic rings. The second-order valence-electron chi connectivity index (χ2n) is 9.36. The van der Waals surface area contributed by atoms with E-state index in [1.54, 1.807) is 48.2 Å². The number of esters is 2. The van der Waals surface area contributed by atoms with Gasteiger partial charge >= 0.3 is 11.9 Å². The Balaban J connectivity index is 1.54. The molecule has 0 aliphatic carbocycles. The average molecular weight is 530 g/mol. The molecular weight excluding hydrogens is 498 g/mol. The van der Waals surface area contributed by atoms with Crippen molar-refractivity contribution in [3.8, 4) is 5.75 Å². The Morgan fingerprint density at radius 1 is 0.769 bits per heavy atom. The van der Waals surface area contributed by atoms with Crippen molar-refractivity contribution < 1.29 is 28.6 Å². The molecule has 0 spiro atoms. The Morgan fingerprint density at radius 3 is 1.97 bits per heavy atom. The first-order valence-electron chi connectivity index (χ1n) is 13.0. The van der Waals surface area contributed by atoms with Gasteiger partial charge in [0.15, 0.2) is 0 Å². The molecule has 2 saturated heterocycles. The number of rotatable bonds is 8. The molecule has 9 heteroatoms. The molecule has 3 aromatic carbocycles. The first-order chi connectivity index (χ1) is 19.0. The lowest BCUT2D eigenvalue weighted by Crippen LogP contribution is -2.41. The van der Waals surface area contributed by atoms with Gasteiger partial charge in [-0.3, -0.25) is 4.79 Å². The van der Waals surface area contributed by atoms with Crippen LogP contribution in [0, 0.1) is 5.92 Å².